The number of hydrogen-bond acceptors (Lipinski definition) is 3. The standard InChI is InChI=1S/C9H17N3O/c1-3-6-12-9(4-5-11-12)8(10)7-13-2/h4-5,8H,3,6-7,10H2,1-2H3. The Labute approximate surface area is 78.7 Å². The van der Waals surface area contributed by atoms with Gasteiger partial charge in [0.1, 0.15) is 0 Å². The van der Waals surface area contributed by atoms with E-state index in [0.717, 1.165) is 18.7 Å². The number of nitrogens with two attached hydrogens (primary N) is 1. The summed E-state index contributed by atoms with van der Waals surface area (Å²) in [6, 6.07) is 1.87. The average Bonchev–Trinajstić information content (AvgIpc) is 2.54. The molecule has 1 aromatic rings. The summed E-state index contributed by atoms with van der Waals surface area (Å²) in [5.41, 5.74) is 6.94. The summed E-state index contributed by atoms with van der Waals surface area (Å²) in [7, 11) is 1.65. The van der Waals surface area contributed by atoms with Crippen molar-refractivity contribution in [3.05, 3.63) is 18.0 Å². The Morgan fingerprint density at radius 2 is 2.46 bits per heavy atom. The van der Waals surface area contributed by atoms with Crippen molar-refractivity contribution in [2.45, 2.75) is 25.9 Å². The van der Waals surface area contributed by atoms with Crippen LogP contribution in [0.15, 0.2) is 12.3 Å². The normalized spacial score (nSPS) is 13.2. The number of aromatic nitrogens is 2. The van der Waals surface area contributed by atoms with Crippen molar-refractivity contribution in [1.29, 1.82) is 0 Å². The molecule has 0 aliphatic rings. The molecule has 1 unspecified atom stereocenters. The number of hydrogen-bond donors (Lipinski definition) is 1. The van der Waals surface area contributed by atoms with Gasteiger partial charge in [-0.05, 0) is 12.5 Å². The lowest BCUT2D eigenvalue weighted by atomic mass is 10.2. The van der Waals surface area contributed by atoms with Crippen LogP contribution in [0.3, 0.4) is 0 Å². The summed E-state index contributed by atoms with van der Waals surface area (Å²) in [6.45, 7) is 3.57. The van der Waals surface area contributed by atoms with E-state index >= 15 is 0 Å². The van der Waals surface area contributed by atoms with E-state index in [9.17, 15) is 0 Å². The van der Waals surface area contributed by atoms with Crippen LogP contribution in [-0.4, -0.2) is 23.5 Å². The fraction of sp³-hybridized carbons (Fsp3) is 0.667. The zero-order valence-corrected chi connectivity index (χ0v) is 8.23. The van der Waals surface area contributed by atoms with Crippen LogP contribution < -0.4 is 5.73 Å². The van der Waals surface area contributed by atoms with Gasteiger partial charge in [0.2, 0.25) is 0 Å². The molecule has 4 heteroatoms. The Kier molecular flexibility index (Phi) is 3.92. The SMILES string of the molecule is CCCn1nccc1C(N)COC. The van der Waals surface area contributed by atoms with Crippen LogP contribution in [0, 0.1) is 0 Å². The molecular weight excluding hydrogens is 166 g/mol. The molecule has 1 atom stereocenters. The fourth-order valence-electron chi connectivity index (χ4n) is 1.32. The molecule has 13 heavy (non-hydrogen) atoms. The van der Waals surface area contributed by atoms with E-state index < -0.39 is 0 Å². The topological polar surface area (TPSA) is 53.1 Å². The molecule has 0 saturated heterocycles. The van der Waals surface area contributed by atoms with Crippen LogP contribution in [0.5, 0.6) is 0 Å². The lowest BCUT2D eigenvalue weighted by Crippen LogP contribution is -2.20. The molecule has 1 rings (SSSR count). The zero-order valence-electron chi connectivity index (χ0n) is 8.23. The summed E-state index contributed by atoms with van der Waals surface area (Å²) >= 11 is 0. The monoisotopic (exact) mass is 183 g/mol. The van der Waals surface area contributed by atoms with Crippen molar-refractivity contribution in [1.82, 2.24) is 9.78 Å². The largest absolute Gasteiger partial charge is 0.383 e. The molecule has 0 saturated carbocycles. The highest BCUT2D eigenvalue weighted by atomic mass is 16.5. The molecule has 74 valence electrons. The summed E-state index contributed by atoms with van der Waals surface area (Å²) in [4.78, 5) is 0. The van der Waals surface area contributed by atoms with E-state index in [1.54, 1.807) is 13.3 Å². The van der Waals surface area contributed by atoms with Gasteiger partial charge in [-0.15, -0.1) is 0 Å². The Bertz CT molecular complexity index is 247. The van der Waals surface area contributed by atoms with E-state index in [-0.39, 0.29) is 6.04 Å². The summed E-state index contributed by atoms with van der Waals surface area (Å²) in [6.07, 6.45) is 2.84. The number of aryl methyl sites for hydroxylation is 1. The molecule has 0 aromatic carbocycles. The molecule has 0 amide bonds. The second kappa shape index (κ2) is 4.99. The van der Waals surface area contributed by atoms with E-state index in [2.05, 4.69) is 12.0 Å². The maximum absolute atomic E-state index is 5.90. The van der Waals surface area contributed by atoms with E-state index in [0.29, 0.717) is 6.61 Å². The number of ether oxygens (including phenoxy) is 1. The molecule has 2 N–H and O–H groups in total. The van der Waals surface area contributed by atoms with Crippen molar-refractivity contribution in [2.75, 3.05) is 13.7 Å². The first-order chi connectivity index (χ1) is 6.29. The molecule has 0 aliphatic heterocycles. The minimum Gasteiger partial charge on any atom is -0.383 e. The van der Waals surface area contributed by atoms with Gasteiger partial charge >= 0.3 is 0 Å². The van der Waals surface area contributed by atoms with E-state index in [1.807, 2.05) is 10.7 Å². The quantitative estimate of drug-likeness (QED) is 0.739. The number of rotatable bonds is 5. The van der Waals surface area contributed by atoms with Gasteiger partial charge in [-0.25, -0.2) is 0 Å². The number of nitrogens with zero attached hydrogens (tertiary/aromatic N) is 2. The molecule has 0 bridgehead atoms. The highest BCUT2D eigenvalue weighted by molar-refractivity contribution is 5.06. The first-order valence-corrected chi connectivity index (χ1v) is 4.55. The van der Waals surface area contributed by atoms with Crippen molar-refractivity contribution in [2.24, 2.45) is 5.73 Å². The van der Waals surface area contributed by atoms with Crippen LogP contribution in [0.25, 0.3) is 0 Å². The van der Waals surface area contributed by atoms with Crippen LogP contribution in [-0.2, 0) is 11.3 Å². The molecule has 0 fully saturated rings. The van der Waals surface area contributed by atoms with Gasteiger partial charge < -0.3 is 10.5 Å². The third kappa shape index (κ3) is 2.54. The third-order valence-corrected chi connectivity index (χ3v) is 1.91. The first-order valence-electron chi connectivity index (χ1n) is 4.55. The van der Waals surface area contributed by atoms with E-state index in [1.165, 1.54) is 0 Å². The molecule has 1 aromatic heterocycles. The Morgan fingerprint density at radius 3 is 3.08 bits per heavy atom. The average molecular weight is 183 g/mol. The van der Waals surface area contributed by atoms with Crippen LogP contribution in [0.2, 0.25) is 0 Å². The molecule has 0 aliphatic carbocycles. The van der Waals surface area contributed by atoms with Gasteiger partial charge in [-0.3, -0.25) is 4.68 Å². The molecule has 4 nitrogen and oxygen atoms in total. The second-order valence-corrected chi connectivity index (χ2v) is 3.04. The van der Waals surface area contributed by atoms with Crippen molar-refractivity contribution in [3.63, 3.8) is 0 Å². The maximum Gasteiger partial charge on any atom is 0.0704 e. The molecular formula is C9H17N3O. The van der Waals surface area contributed by atoms with Crippen LogP contribution in [0.1, 0.15) is 25.1 Å². The Balaban J connectivity index is 2.68. The maximum atomic E-state index is 5.90. The van der Waals surface area contributed by atoms with Gasteiger partial charge in [0.05, 0.1) is 18.3 Å². The third-order valence-electron chi connectivity index (χ3n) is 1.91. The highest BCUT2D eigenvalue weighted by Gasteiger charge is 2.10. The minimum absolute atomic E-state index is 0.0703. The van der Waals surface area contributed by atoms with Crippen LogP contribution in [0.4, 0.5) is 0 Å². The first kappa shape index (κ1) is 10.2. The fourth-order valence-corrected chi connectivity index (χ4v) is 1.32. The van der Waals surface area contributed by atoms with Crippen molar-refractivity contribution < 1.29 is 4.74 Å². The van der Waals surface area contributed by atoms with Gasteiger partial charge in [-0.1, -0.05) is 6.92 Å². The van der Waals surface area contributed by atoms with Gasteiger partial charge in [0, 0.05) is 19.9 Å². The van der Waals surface area contributed by atoms with E-state index in [4.69, 9.17) is 10.5 Å². The van der Waals surface area contributed by atoms with Crippen molar-refractivity contribution >= 4 is 0 Å². The zero-order chi connectivity index (χ0) is 9.68. The highest BCUT2D eigenvalue weighted by Crippen LogP contribution is 2.09. The predicted octanol–water partition coefficient (Wildman–Crippen LogP) is 0.939. The smallest absolute Gasteiger partial charge is 0.0704 e. The summed E-state index contributed by atoms with van der Waals surface area (Å²) in [5, 5.41) is 4.19. The van der Waals surface area contributed by atoms with Crippen molar-refractivity contribution in [3.8, 4) is 0 Å². The van der Waals surface area contributed by atoms with Gasteiger partial charge in [0.25, 0.3) is 0 Å². The molecule has 1 heterocycles. The van der Waals surface area contributed by atoms with Gasteiger partial charge in [-0.2, -0.15) is 5.10 Å². The Morgan fingerprint density at radius 1 is 1.69 bits per heavy atom. The lowest BCUT2D eigenvalue weighted by molar-refractivity contribution is 0.177. The lowest BCUT2D eigenvalue weighted by Gasteiger charge is -2.12. The predicted molar refractivity (Wildman–Crippen MR) is 51.3 cm³/mol. The second-order valence-electron chi connectivity index (χ2n) is 3.04. The molecule has 0 radical (unpaired) electrons. The molecule has 0 spiro atoms. The summed E-state index contributed by atoms with van der Waals surface area (Å²) < 4.78 is 6.93. The number of methoxy groups -OCH3 is 1. The Hall–Kier alpha value is -0.870. The van der Waals surface area contributed by atoms with Crippen LogP contribution >= 0.6 is 0 Å². The minimum atomic E-state index is -0.0703. The van der Waals surface area contributed by atoms with Gasteiger partial charge in [0.15, 0.2) is 0 Å². The summed E-state index contributed by atoms with van der Waals surface area (Å²) in [5.74, 6) is 0.